The van der Waals surface area contributed by atoms with Gasteiger partial charge in [-0.25, -0.2) is 9.59 Å². The lowest BCUT2D eigenvalue weighted by Crippen LogP contribution is -2.52. The Labute approximate surface area is 198 Å². The Kier molecular flexibility index (Phi) is 6.88. The molecule has 3 N–H and O–H groups in total. The molecule has 34 heavy (non-hydrogen) atoms. The van der Waals surface area contributed by atoms with Gasteiger partial charge in [0.05, 0.1) is 12.0 Å². The Hall–Kier alpha value is -3.39. The van der Waals surface area contributed by atoms with Crippen LogP contribution >= 0.6 is 0 Å². The number of aliphatic carboxylic acids is 1. The van der Waals surface area contributed by atoms with Crippen LogP contribution in [-0.2, 0) is 19.1 Å². The van der Waals surface area contributed by atoms with Gasteiger partial charge in [0.15, 0.2) is 6.10 Å². The molecule has 0 aromatic heterocycles. The highest BCUT2D eigenvalue weighted by atomic mass is 16.5. The molecule has 0 aliphatic heterocycles. The summed E-state index contributed by atoms with van der Waals surface area (Å²) in [5, 5.41) is 14.6. The van der Waals surface area contributed by atoms with Gasteiger partial charge < -0.3 is 25.2 Å². The van der Waals surface area contributed by atoms with Crippen molar-refractivity contribution in [2.75, 3.05) is 20.3 Å². The summed E-state index contributed by atoms with van der Waals surface area (Å²) in [6.07, 6.45) is 0.305. The molecule has 4 rings (SSSR count). The molecule has 2 amide bonds. The Bertz CT molecular complexity index is 1040. The van der Waals surface area contributed by atoms with Crippen molar-refractivity contribution in [2.24, 2.45) is 5.41 Å². The highest BCUT2D eigenvalue weighted by molar-refractivity contribution is 5.85. The van der Waals surface area contributed by atoms with E-state index in [1.807, 2.05) is 24.3 Å². The van der Waals surface area contributed by atoms with Crippen LogP contribution in [-0.4, -0.2) is 55.5 Å². The van der Waals surface area contributed by atoms with Gasteiger partial charge in [0.1, 0.15) is 6.61 Å². The van der Waals surface area contributed by atoms with E-state index in [0.717, 1.165) is 28.7 Å². The van der Waals surface area contributed by atoms with Crippen LogP contribution in [0.4, 0.5) is 4.79 Å². The fraction of sp³-hybridized carbons (Fsp3) is 0.423. The smallest absolute Gasteiger partial charge is 0.407 e. The summed E-state index contributed by atoms with van der Waals surface area (Å²) >= 11 is 0. The minimum absolute atomic E-state index is 0.0431. The van der Waals surface area contributed by atoms with E-state index in [0.29, 0.717) is 12.8 Å². The monoisotopic (exact) mass is 466 g/mol. The fourth-order valence-corrected chi connectivity index (χ4v) is 5.11. The Balaban J connectivity index is 1.37. The van der Waals surface area contributed by atoms with E-state index < -0.39 is 29.6 Å². The van der Waals surface area contributed by atoms with Crippen molar-refractivity contribution in [2.45, 2.75) is 44.2 Å². The summed E-state index contributed by atoms with van der Waals surface area (Å²) in [5.74, 6) is -1.50. The normalized spacial score (nSPS) is 21.9. The van der Waals surface area contributed by atoms with Gasteiger partial charge in [-0.05, 0) is 42.0 Å². The van der Waals surface area contributed by atoms with E-state index in [9.17, 15) is 14.4 Å². The van der Waals surface area contributed by atoms with Gasteiger partial charge in [0.2, 0.25) is 5.91 Å². The molecule has 3 unspecified atom stereocenters. The molecule has 3 atom stereocenters. The van der Waals surface area contributed by atoms with Crippen LogP contribution in [0.25, 0.3) is 11.1 Å². The van der Waals surface area contributed by atoms with Crippen molar-refractivity contribution >= 4 is 18.0 Å². The van der Waals surface area contributed by atoms with Gasteiger partial charge in [0, 0.05) is 19.1 Å². The maximum Gasteiger partial charge on any atom is 0.407 e. The van der Waals surface area contributed by atoms with E-state index in [1.54, 1.807) is 6.92 Å². The number of carboxylic acid groups (broad SMARTS) is 1. The van der Waals surface area contributed by atoms with E-state index in [-0.39, 0.29) is 25.0 Å². The third kappa shape index (κ3) is 4.50. The lowest BCUT2D eigenvalue weighted by molar-refractivity contribution is -0.148. The number of nitrogens with one attached hydrogen (secondary N) is 2. The SMILES string of the molecule is COC(CNC(=O)C1(C)CCCC1NC(=O)OCC1c2ccccc2-c2ccccc21)C(=O)O. The number of methoxy groups -OCH3 is 1. The lowest BCUT2D eigenvalue weighted by Gasteiger charge is -2.31. The van der Waals surface area contributed by atoms with Crippen LogP contribution < -0.4 is 10.6 Å². The van der Waals surface area contributed by atoms with Crippen molar-refractivity contribution in [1.82, 2.24) is 10.6 Å². The van der Waals surface area contributed by atoms with Gasteiger partial charge in [-0.3, -0.25) is 4.79 Å². The highest BCUT2D eigenvalue weighted by Crippen LogP contribution is 2.44. The molecule has 8 nitrogen and oxygen atoms in total. The van der Waals surface area contributed by atoms with Gasteiger partial charge in [0.25, 0.3) is 0 Å². The maximum absolute atomic E-state index is 12.9. The summed E-state index contributed by atoms with van der Waals surface area (Å²) in [6, 6.07) is 15.8. The number of amides is 2. The first-order valence-electron chi connectivity index (χ1n) is 11.5. The molecule has 0 saturated heterocycles. The van der Waals surface area contributed by atoms with Crippen molar-refractivity contribution in [3.8, 4) is 11.1 Å². The number of alkyl carbamates (subject to hydrolysis) is 1. The number of carbonyl (C=O) groups excluding carboxylic acids is 2. The van der Waals surface area contributed by atoms with E-state index in [1.165, 1.54) is 7.11 Å². The molecule has 8 heteroatoms. The first-order chi connectivity index (χ1) is 16.3. The summed E-state index contributed by atoms with van der Waals surface area (Å²) in [6.45, 7) is 1.84. The minimum atomic E-state index is -1.15. The third-order valence-electron chi connectivity index (χ3n) is 7.12. The highest BCUT2D eigenvalue weighted by Gasteiger charge is 2.46. The molecule has 0 bridgehead atoms. The number of hydrogen-bond acceptors (Lipinski definition) is 5. The summed E-state index contributed by atoms with van der Waals surface area (Å²) in [4.78, 5) is 36.8. The van der Waals surface area contributed by atoms with Crippen LogP contribution in [0.3, 0.4) is 0 Å². The average Bonchev–Trinajstić information content (AvgIpc) is 3.36. The maximum atomic E-state index is 12.9. The van der Waals surface area contributed by atoms with Crippen LogP contribution in [0.15, 0.2) is 48.5 Å². The standard InChI is InChI=1S/C26H30N2O6/c1-26(24(31)27-14-21(33-2)23(29)30)13-7-12-22(26)28-25(32)34-15-20-18-10-5-3-8-16(18)17-9-4-6-11-19(17)20/h3-6,8-11,20-22H,7,12-15H2,1-2H3,(H,27,31)(H,28,32)(H,29,30). The number of fused-ring (bicyclic) bond motifs is 3. The lowest BCUT2D eigenvalue weighted by atomic mass is 9.83. The van der Waals surface area contributed by atoms with Crippen molar-refractivity contribution < 1.29 is 29.0 Å². The second kappa shape index (κ2) is 9.85. The largest absolute Gasteiger partial charge is 0.479 e. The third-order valence-corrected chi connectivity index (χ3v) is 7.12. The predicted octanol–water partition coefficient (Wildman–Crippen LogP) is 3.30. The fourth-order valence-electron chi connectivity index (χ4n) is 5.11. The second-order valence-electron chi connectivity index (χ2n) is 9.10. The molecule has 0 radical (unpaired) electrons. The first-order valence-corrected chi connectivity index (χ1v) is 11.5. The van der Waals surface area contributed by atoms with Crippen LogP contribution in [0.1, 0.15) is 43.2 Å². The van der Waals surface area contributed by atoms with Crippen LogP contribution in [0, 0.1) is 5.41 Å². The van der Waals surface area contributed by atoms with Crippen LogP contribution in [0.5, 0.6) is 0 Å². The number of carbonyl (C=O) groups is 3. The Morgan fingerprint density at radius 1 is 1.09 bits per heavy atom. The predicted molar refractivity (Wildman–Crippen MR) is 125 cm³/mol. The van der Waals surface area contributed by atoms with Crippen molar-refractivity contribution in [3.63, 3.8) is 0 Å². The molecule has 2 aliphatic carbocycles. The van der Waals surface area contributed by atoms with Gasteiger partial charge in [-0.1, -0.05) is 55.0 Å². The zero-order valence-corrected chi connectivity index (χ0v) is 19.4. The van der Waals surface area contributed by atoms with E-state index >= 15 is 0 Å². The topological polar surface area (TPSA) is 114 Å². The Morgan fingerprint density at radius 2 is 1.71 bits per heavy atom. The van der Waals surface area contributed by atoms with Crippen molar-refractivity contribution in [1.29, 1.82) is 0 Å². The summed E-state index contributed by atoms with van der Waals surface area (Å²) < 4.78 is 10.5. The number of hydrogen-bond donors (Lipinski definition) is 3. The molecule has 2 aliphatic rings. The van der Waals surface area contributed by atoms with Gasteiger partial charge in [-0.2, -0.15) is 0 Å². The van der Waals surface area contributed by atoms with Gasteiger partial charge >= 0.3 is 12.1 Å². The molecule has 1 saturated carbocycles. The molecule has 0 heterocycles. The number of benzene rings is 2. The molecule has 2 aromatic rings. The number of ether oxygens (including phenoxy) is 2. The molecule has 1 fully saturated rings. The minimum Gasteiger partial charge on any atom is -0.479 e. The molecule has 2 aromatic carbocycles. The zero-order valence-electron chi connectivity index (χ0n) is 19.4. The average molecular weight is 467 g/mol. The van der Waals surface area contributed by atoms with E-state index in [4.69, 9.17) is 14.6 Å². The number of carboxylic acids is 1. The van der Waals surface area contributed by atoms with Crippen LogP contribution in [0.2, 0.25) is 0 Å². The molecule has 180 valence electrons. The Morgan fingerprint density at radius 3 is 2.29 bits per heavy atom. The van der Waals surface area contributed by atoms with Gasteiger partial charge in [-0.15, -0.1) is 0 Å². The molecular formula is C26H30N2O6. The summed E-state index contributed by atoms with van der Waals surface area (Å²) in [5.41, 5.74) is 3.72. The quantitative estimate of drug-likeness (QED) is 0.550. The molecular weight excluding hydrogens is 436 g/mol. The second-order valence-corrected chi connectivity index (χ2v) is 9.10. The summed E-state index contributed by atoms with van der Waals surface area (Å²) in [7, 11) is 1.28. The number of rotatable bonds is 8. The zero-order chi connectivity index (χ0) is 24.3. The van der Waals surface area contributed by atoms with E-state index in [2.05, 4.69) is 34.9 Å². The molecule has 0 spiro atoms. The first kappa shape index (κ1) is 23.8. The van der Waals surface area contributed by atoms with Crippen molar-refractivity contribution in [3.05, 3.63) is 59.7 Å².